The lowest BCUT2D eigenvalue weighted by Crippen LogP contribution is -2.30. The van der Waals surface area contributed by atoms with Crippen molar-refractivity contribution < 1.29 is 28.6 Å². The SMILES string of the molecule is CC/C=C\C/C=C\C/C=C\C/C=C\C/C=C\C/C=C\CCCCC(=O)OC(COC(=O)CCCCCCC/C=C\CCCC)COC(=O)CCCCCCCCCCCCCCC/C=C\C/C=C\CCCCCCC. The predicted molar refractivity (Wildman–Crippen MR) is 325 cm³/mol. The van der Waals surface area contributed by atoms with E-state index in [-0.39, 0.29) is 37.5 Å². The zero-order valence-electron chi connectivity index (χ0n) is 49.0. The van der Waals surface area contributed by atoms with Gasteiger partial charge in [0.2, 0.25) is 0 Å². The van der Waals surface area contributed by atoms with Gasteiger partial charge in [0.15, 0.2) is 6.10 Å². The molecule has 0 heterocycles. The number of rotatable bonds is 56. The van der Waals surface area contributed by atoms with Crippen molar-refractivity contribution in [2.24, 2.45) is 0 Å². The molecule has 1 atom stereocenters. The molecular weight excluding hydrogens is 925 g/mol. The van der Waals surface area contributed by atoms with Crippen molar-refractivity contribution in [3.05, 3.63) is 109 Å². The van der Waals surface area contributed by atoms with Gasteiger partial charge in [-0.25, -0.2) is 0 Å². The lowest BCUT2D eigenvalue weighted by Gasteiger charge is -2.18. The van der Waals surface area contributed by atoms with Crippen molar-refractivity contribution in [3.8, 4) is 0 Å². The van der Waals surface area contributed by atoms with Crippen LogP contribution in [-0.2, 0) is 28.6 Å². The highest BCUT2D eigenvalue weighted by molar-refractivity contribution is 5.71. The number of hydrogen-bond acceptors (Lipinski definition) is 6. The standard InChI is InChI=1S/C69H116O6/c1-4-7-10-13-16-19-22-24-26-28-30-32-33-34-35-37-38-40-42-44-47-50-53-56-59-62-68(71)74-65-66(64-73-67(70)61-58-55-52-49-46-21-18-15-12-9-6-3)75-69(72)63-60-57-54-51-48-45-43-41-39-36-31-29-27-25-23-20-17-14-11-8-5-2/h8,11,15,17-18,20,22,24-25,27-28,30-31,36,41,43,48,51,66H,4-7,9-10,12-14,16,19,21,23,26,29,32-35,37-40,42,44-47,49-50,52-65H2,1-3H3/b11-8-,18-15-,20-17-,24-22-,27-25-,30-28-,36-31-,43-41-,51-48-. The number of hydrogen-bond donors (Lipinski definition) is 0. The molecule has 0 N–H and O–H groups in total. The predicted octanol–water partition coefficient (Wildman–Crippen LogP) is 21.4. The van der Waals surface area contributed by atoms with E-state index >= 15 is 0 Å². The highest BCUT2D eigenvalue weighted by Gasteiger charge is 2.19. The molecule has 75 heavy (non-hydrogen) atoms. The van der Waals surface area contributed by atoms with Crippen LogP contribution in [0.2, 0.25) is 0 Å². The molecule has 0 aromatic carbocycles. The third-order valence-corrected chi connectivity index (χ3v) is 13.2. The maximum Gasteiger partial charge on any atom is 0.306 e. The Labute approximate surface area is 463 Å². The zero-order valence-corrected chi connectivity index (χ0v) is 49.0. The summed E-state index contributed by atoms with van der Waals surface area (Å²) in [6.45, 7) is 6.45. The Hall–Kier alpha value is -3.93. The molecule has 0 aliphatic rings. The van der Waals surface area contributed by atoms with Crippen LogP contribution in [0.25, 0.3) is 0 Å². The van der Waals surface area contributed by atoms with Crippen LogP contribution in [0, 0.1) is 0 Å². The Balaban J connectivity index is 4.35. The summed E-state index contributed by atoms with van der Waals surface area (Å²) in [7, 11) is 0. The summed E-state index contributed by atoms with van der Waals surface area (Å²) in [5, 5.41) is 0. The van der Waals surface area contributed by atoms with Gasteiger partial charge in [0.05, 0.1) is 0 Å². The van der Waals surface area contributed by atoms with E-state index in [1.54, 1.807) is 0 Å². The van der Waals surface area contributed by atoms with E-state index < -0.39 is 6.10 Å². The van der Waals surface area contributed by atoms with E-state index in [1.165, 1.54) is 135 Å². The first-order valence-electron chi connectivity index (χ1n) is 31.4. The zero-order chi connectivity index (χ0) is 54.3. The Kier molecular flexibility index (Phi) is 59.3. The van der Waals surface area contributed by atoms with Gasteiger partial charge in [-0.05, 0) is 122 Å². The summed E-state index contributed by atoms with van der Waals surface area (Å²) in [5.74, 6) is -0.950. The molecule has 0 rings (SSSR count). The van der Waals surface area contributed by atoms with Crippen molar-refractivity contribution in [2.45, 2.75) is 297 Å². The van der Waals surface area contributed by atoms with E-state index in [0.717, 1.165) is 109 Å². The molecule has 0 aromatic heterocycles. The highest BCUT2D eigenvalue weighted by atomic mass is 16.6. The van der Waals surface area contributed by atoms with Gasteiger partial charge in [-0.2, -0.15) is 0 Å². The minimum Gasteiger partial charge on any atom is -0.462 e. The number of carbonyl (C=O) groups is 3. The van der Waals surface area contributed by atoms with Gasteiger partial charge in [-0.3, -0.25) is 14.4 Å². The van der Waals surface area contributed by atoms with E-state index in [4.69, 9.17) is 14.2 Å². The van der Waals surface area contributed by atoms with Crippen molar-refractivity contribution in [2.75, 3.05) is 13.2 Å². The molecule has 0 saturated heterocycles. The molecule has 0 aliphatic heterocycles. The lowest BCUT2D eigenvalue weighted by atomic mass is 10.0. The Morgan fingerprint density at radius 2 is 0.533 bits per heavy atom. The molecule has 428 valence electrons. The molecule has 0 saturated carbocycles. The molecule has 0 amide bonds. The molecule has 0 fully saturated rings. The molecule has 6 heteroatoms. The summed E-state index contributed by atoms with van der Waals surface area (Å²) in [6.07, 6.45) is 85.3. The molecule has 0 spiro atoms. The second-order valence-electron chi connectivity index (χ2n) is 20.6. The van der Waals surface area contributed by atoms with Crippen molar-refractivity contribution in [3.63, 3.8) is 0 Å². The second-order valence-corrected chi connectivity index (χ2v) is 20.6. The number of esters is 3. The van der Waals surface area contributed by atoms with Gasteiger partial charge in [0.25, 0.3) is 0 Å². The van der Waals surface area contributed by atoms with E-state index in [9.17, 15) is 14.4 Å². The van der Waals surface area contributed by atoms with E-state index in [1.807, 2.05) is 0 Å². The minimum absolute atomic E-state index is 0.0991. The fourth-order valence-corrected chi connectivity index (χ4v) is 8.52. The average Bonchev–Trinajstić information content (AvgIpc) is 3.41. The normalized spacial score (nSPS) is 12.8. The van der Waals surface area contributed by atoms with Gasteiger partial charge >= 0.3 is 17.9 Å². The van der Waals surface area contributed by atoms with Gasteiger partial charge in [-0.15, -0.1) is 0 Å². The molecule has 0 aromatic rings. The third-order valence-electron chi connectivity index (χ3n) is 13.2. The molecule has 1 unspecified atom stereocenters. The average molecular weight is 1040 g/mol. The number of ether oxygens (including phenoxy) is 3. The molecule has 0 aliphatic carbocycles. The van der Waals surface area contributed by atoms with Gasteiger partial charge < -0.3 is 14.2 Å². The molecule has 0 radical (unpaired) electrons. The topological polar surface area (TPSA) is 78.9 Å². The molecular formula is C69H116O6. The maximum absolute atomic E-state index is 12.9. The highest BCUT2D eigenvalue weighted by Crippen LogP contribution is 2.15. The molecule has 0 bridgehead atoms. The fourth-order valence-electron chi connectivity index (χ4n) is 8.52. The Bertz CT molecular complexity index is 1520. The van der Waals surface area contributed by atoms with Crippen molar-refractivity contribution in [1.82, 2.24) is 0 Å². The van der Waals surface area contributed by atoms with Crippen LogP contribution < -0.4 is 0 Å². The van der Waals surface area contributed by atoms with Crippen LogP contribution in [-0.4, -0.2) is 37.2 Å². The summed E-state index contributed by atoms with van der Waals surface area (Å²) in [4.78, 5) is 38.2. The van der Waals surface area contributed by atoms with Crippen LogP contribution in [0.4, 0.5) is 0 Å². The number of unbranched alkanes of at least 4 members (excludes halogenated alkanes) is 27. The summed E-state index contributed by atoms with van der Waals surface area (Å²) < 4.78 is 16.8. The van der Waals surface area contributed by atoms with Crippen LogP contribution in [0.15, 0.2) is 109 Å². The first kappa shape index (κ1) is 71.1. The van der Waals surface area contributed by atoms with Gasteiger partial charge in [-0.1, -0.05) is 259 Å². The largest absolute Gasteiger partial charge is 0.462 e. The third kappa shape index (κ3) is 60.8. The summed E-state index contributed by atoms with van der Waals surface area (Å²) in [5.41, 5.74) is 0. The van der Waals surface area contributed by atoms with Crippen LogP contribution in [0.5, 0.6) is 0 Å². The maximum atomic E-state index is 12.9. The van der Waals surface area contributed by atoms with Crippen LogP contribution in [0.1, 0.15) is 290 Å². The van der Waals surface area contributed by atoms with Gasteiger partial charge in [0, 0.05) is 19.3 Å². The quantitative estimate of drug-likeness (QED) is 0.0261. The van der Waals surface area contributed by atoms with Crippen LogP contribution in [0.3, 0.4) is 0 Å². The fraction of sp³-hybridized carbons (Fsp3) is 0.696. The smallest absolute Gasteiger partial charge is 0.306 e. The summed E-state index contributed by atoms with van der Waals surface area (Å²) >= 11 is 0. The lowest BCUT2D eigenvalue weighted by molar-refractivity contribution is -0.167. The van der Waals surface area contributed by atoms with E-state index in [0.29, 0.717) is 19.3 Å². The monoisotopic (exact) mass is 1040 g/mol. The van der Waals surface area contributed by atoms with Gasteiger partial charge in [0.1, 0.15) is 13.2 Å². The van der Waals surface area contributed by atoms with Crippen LogP contribution >= 0.6 is 0 Å². The number of allylic oxidation sites excluding steroid dienone is 18. The second kappa shape index (κ2) is 62.6. The van der Waals surface area contributed by atoms with E-state index in [2.05, 4.69) is 130 Å². The van der Waals surface area contributed by atoms with Crippen molar-refractivity contribution >= 4 is 17.9 Å². The Morgan fingerprint density at radius 3 is 0.893 bits per heavy atom. The summed E-state index contributed by atoms with van der Waals surface area (Å²) in [6, 6.07) is 0. The minimum atomic E-state index is -0.807. The molecule has 6 nitrogen and oxygen atoms in total. The van der Waals surface area contributed by atoms with Crippen molar-refractivity contribution in [1.29, 1.82) is 0 Å². The number of carbonyl (C=O) groups excluding carboxylic acids is 3. The first-order chi connectivity index (χ1) is 37.0. The first-order valence-corrected chi connectivity index (χ1v) is 31.4. The Morgan fingerprint density at radius 1 is 0.280 bits per heavy atom.